The molecule has 1 atom stereocenters. The molecule has 2 amide bonds. The monoisotopic (exact) mass is 199 g/mol. The second-order valence-corrected chi connectivity index (χ2v) is 3.72. The van der Waals surface area contributed by atoms with E-state index in [0.717, 1.165) is 5.75 Å². The third-order valence-corrected chi connectivity index (χ3v) is 2.94. The van der Waals surface area contributed by atoms with Gasteiger partial charge in [-0.3, -0.25) is 0 Å². The summed E-state index contributed by atoms with van der Waals surface area (Å²) >= 11 is 1.71. The number of carbonyl (C=O) groups excluding carboxylic acids is 1. The zero-order valence-electron chi connectivity index (χ0n) is 7.32. The zero-order chi connectivity index (χ0) is 9.68. The van der Waals surface area contributed by atoms with Gasteiger partial charge in [0.15, 0.2) is 0 Å². The first-order chi connectivity index (χ1) is 6.29. The van der Waals surface area contributed by atoms with Gasteiger partial charge in [-0.1, -0.05) is 5.92 Å². The van der Waals surface area contributed by atoms with E-state index in [1.54, 1.807) is 16.7 Å². The first-order valence-electron chi connectivity index (χ1n) is 4.05. The Kier molecular flexibility index (Phi) is 3.93. The van der Waals surface area contributed by atoms with Crippen molar-refractivity contribution in [2.45, 2.75) is 6.04 Å². The van der Waals surface area contributed by atoms with Crippen LogP contribution in [0.1, 0.15) is 0 Å². The summed E-state index contributed by atoms with van der Waals surface area (Å²) in [6.07, 6.45) is 5.03. The molecule has 0 bridgehead atoms. The highest BCUT2D eigenvalue weighted by Gasteiger charge is 2.27. The molecule has 1 heterocycles. The van der Waals surface area contributed by atoms with Gasteiger partial charge in [-0.25, -0.2) is 4.79 Å². The predicted molar refractivity (Wildman–Crippen MR) is 54.2 cm³/mol. The van der Waals surface area contributed by atoms with E-state index in [1.807, 2.05) is 0 Å². The number of hydrogen-bond donors (Lipinski definition) is 2. The van der Waals surface area contributed by atoms with E-state index in [-0.39, 0.29) is 18.6 Å². The summed E-state index contributed by atoms with van der Waals surface area (Å²) in [5.74, 6) is 3.98. The fourth-order valence-electron chi connectivity index (χ4n) is 1.13. The van der Waals surface area contributed by atoms with Crippen molar-refractivity contribution in [3.63, 3.8) is 0 Å². The Labute approximate surface area is 82.2 Å². The van der Waals surface area contributed by atoms with Gasteiger partial charge >= 0.3 is 6.03 Å². The molecule has 0 aliphatic carbocycles. The first kappa shape index (κ1) is 10.2. The van der Waals surface area contributed by atoms with Gasteiger partial charge in [0.2, 0.25) is 0 Å². The molecule has 13 heavy (non-hydrogen) atoms. The molecule has 0 saturated carbocycles. The van der Waals surface area contributed by atoms with Gasteiger partial charge in [-0.2, -0.15) is 0 Å². The number of nitrogens with two attached hydrogens (primary N) is 1. The summed E-state index contributed by atoms with van der Waals surface area (Å²) in [6, 6.07) is 0.0428. The highest BCUT2D eigenvalue weighted by Crippen LogP contribution is 2.19. The Balaban J connectivity index is 2.41. The summed E-state index contributed by atoms with van der Waals surface area (Å²) in [5, 5.41) is 2.62. The number of nitrogens with one attached hydrogen (secondary N) is 1. The second kappa shape index (κ2) is 5.00. The van der Waals surface area contributed by atoms with Gasteiger partial charge < -0.3 is 16.0 Å². The lowest BCUT2D eigenvalue weighted by Crippen LogP contribution is -2.46. The third-order valence-electron chi connectivity index (χ3n) is 1.86. The standard InChI is InChI=1S/C8H13N3OS/c1-2-3-10-8(12)11-6-13-5-7(11)4-9/h1,7H,3-6,9H2,(H,10,12). The van der Waals surface area contributed by atoms with E-state index < -0.39 is 0 Å². The average molecular weight is 199 g/mol. The van der Waals surface area contributed by atoms with Crippen LogP contribution in [0.3, 0.4) is 0 Å². The molecular formula is C8H13N3OS. The minimum Gasteiger partial charge on any atom is -0.328 e. The quantitative estimate of drug-likeness (QED) is 0.598. The number of urea groups is 1. The lowest BCUT2D eigenvalue weighted by Gasteiger charge is -2.22. The van der Waals surface area contributed by atoms with E-state index in [0.29, 0.717) is 12.4 Å². The fraction of sp³-hybridized carbons (Fsp3) is 0.625. The molecule has 0 aromatic rings. The highest BCUT2D eigenvalue weighted by molar-refractivity contribution is 7.99. The Morgan fingerprint density at radius 1 is 1.85 bits per heavy atom. The molecular weight excluding hydrogens is 186 g/mol. The van der Waals surface area contributed by atoms with Crippen molar-refractivity contribution in [1.82, 2.24) is 10.2 Å². The Hall–Kier alpha value is -0.860. The molecule has 0 radical (unpaired) electrons. The summed E-state index contributed by atoms with van der Waals surface area (Å²) in [5.41, 5.74) is 5.52. The molecule has 3 N–H and O–H groups in total. The molecule has 4 nitrogen and oxygen atoms in total. The van der Waals surface area contributed by atoms with Crippen molar-refractivity contribution in [3.8, 4) is 12.3 Å². The number of carbonyl (C=O) groups is 1. The van der Waals surface area contributed by atoms with Crippen LogP contribution in [0.2, 0.25) is 0 Å². The van der Waals surface area contributed by atoms with Crippen LogP contribution in [0.15, 0.2) is 0 Å². The molecule has 1 aliphatic rings. The van der Waals surface area contributed by atoms with Crippen LogP contribution in [0, 0.1) is 12.3 Å². The Morgan fingerprint density at radius 2 is 2.62 bits per heavy atom. The molecule has 0 spiro atoms. The molecule has 5 heteroatoms. The number of nitrogens with zero attached hydrogens (tertiary/aromatic N) is 1. The number of amides is 2. The maximum Gasteiger partial charge on any atom is 0.319 e. The van der Waals surface area contributed by atoms with E-state index in [2.05, 4.69) is 11.2 Å². The molecule has 1 aliphatic heterocycles. The van der Waals surface area contributed by atoms with Crippen LogP contribution < -0.4 is 11.1 Å². The number of rotatable bonds is 2. The van der Waals surface area contributed by atoms with Gasteiger partial charge in [-0.05, 0) is 0 Å². The largest absolute Gasteiger partial charge is 0.328 e. The van der Waals surface area contributed by atoms with Crippen molar-refractivity contribution in [3.05, 3.63) is 0 Å². The fourth-order valence-corrected chi connectivity index (χ4v) is 2.35. The molecule has 0 aromatic carbocycles. The van der Waals surface area contributed by atoms with E-state index in [1.165, 1.54) is 0 Å². The summed E-state index contributed by atoms with van der Waals surface area (Å²) < 4.78 is 0. The van der Waals surface area contributed by atoms with E-state index >= 15 is 0 Å². The number of thioether (sulfide) groups is 1. The van der Waals surface area contributed by atoms with Crippen LogP contribution in [0.5, 0.6) is 0 Å². The molecule has 1 saturated heterocycles. The van der Waals surface area contributed by atoms with Crippen LogP contribution in [-0.4, -0.2) is 41.7 Å². The van der Waals surface area contributed by atoms with Crippen LogP contribution in [0.4, 0.5) is 4.79 Å². The van der Waals surface area contributed by atoms with Crippen molar-refractivity contribution < 1.29 is 4.79 Å². The minimum absolute atomic E-state index is 0.113. The van der Waals surface area contributed by atoms with Crippen LogP contribution in [-0.2, 0) is 0 Å². The zero-order valence-corrected chi connectivity index (χ0v) is 8.14. The van der Waals surface area contributed by atoms with Crippen molar-refractivity contribution >= 4 is 17.8 Å². The Bertz CT molecular complexity index is 226. The maximum absolute atomic E-state index is 11.4. The third kappa shape index (κ3) is 2.54. The summed E-state index contributed by atoms with van der Waals surface area (Å²) in [6.45, 7) is 0.785. The van der Waals surface area contributed by atoms with Crippen LogP contribution in [0.25, 0.3) is 0 Å². The van der Waals surface area contributed by atoms with Gasteiger partial charge in [0.25, 0.3) is 0 Å². The average Bonchev–Trinajstić information content (AvgIpc) is 2.61. The van der Waals surface area contributed by atoms with Crippen molar-refractivity contribution in [2.75, 3.05) is 24.7 Å². The highest BCUT2D eigenvalue weighted by atomic mass is 32.2. The SMILES string of the molecule is C#CCNC(=O)N1CSCC1CN. The molecule has 1 fully saturated rings. The predicted octanol–water partition coefficient (Wildman–Crippen LogP) is -0.337. The molecule has 72 valence electrons. The van der Waals surface area contributed by atoms with Crippen molar-refractivity contribution in [2.24, 2.45) is 5.73 Å². The lowest BCUT2D eigenvalue weighted by molar-refractivity contribution is 0.198. The van der Waals surface area contributed by atoms with Gasteiger partial charge in [0.05, 0.1) is 18.5 Å². The first-order valence-corrected chi connectivity index (χ1v) is 5.20. The normalized spacial score (nSPS) is 21.2. The lowest BCUT2D eigenvalue weighted by atomic mass is 10.3. The topological polar surface area (TPSA) is 58.4 Å². The molecule has 0 aromatic heterocycles. The van der Waals surface area contributed by atoms with Gasteiger partial charge in [0, 0.05) is 12.3 Å². The van der Waals surface area contributed by atoms with Gasteiger partial charge in [0.1, 0.15) is 0 Å². The maximum atomic E-state index is 11.4. The summed E-state index contributed by atoms with van der Waals surface area (Å²) in [4.78, 5) is 13.1. The van der Waals surface area contributed by atoms with Gasteiger partial charge in [-0.15, -0.1) is 18.2 Å². The number of hydrogen-bond acceptors (Lipinski definition) is 3. The number of terminal acetylenes is 1. The molecule has 1 rings (SSSR count). The molecule has 1 unspecified atom stereocenters. The Morgan fingerprint density at radius 3 is 3.23 bits per heavy atom. The van der Waals surface area contributed by atoms with Crippen LogP contribution >= 0.6 is 11.8 Å². The smallest absolute Gasteiger partial charge is 0.319 e. The van der Waals surface area contributed by atoms with E-state index in [4.69, 9.17) is 12.2 Å². The van der Waals surface area contributed by atoms with E-state index in [9.17, 15) is 4.79 Å². The second-order valence-electron chi connectivity index (χ2n) is 2.72. The minimum atomic E-state index is -0.113. The van der Waals surface area contributed by atoms with Crippen molar-refractivity contribution in [1.29, 1.82) is 0 Å². The summed E-state index contributed by atoms with van der Waals surface area (Å²) in [7, 11) is 0.